The molecule has 2 fully saturated rings. The van der Waals surface area contributed by atoms with Crippen molar-refractivity contribution >= 4 is 11.9 Å². The molecule has 6 nitrogen and oxygen atoms in total. The van der Waals surface area contributed by atoms with E-state index >= 15 is 0 Å². The Balaban J connectivity index is 1.38. The summed E-state index contributed by atoms with van der Waals surface area (Å²) in [5.74, 6) is 1.73. The van der Waals surface area contributed by atoms with E-state index in [0.717, 1.165) is 62.0 Å². The first kappa shape index (κ1) is 16.3. The summed E-state index contributed by atoms with van der Waals surface area (Å²) in [6, 6.07) is 0.287. The summed E-state index contributed by atoms with van der Waals surface area (Å²) in [6.45, 7) is 1.60. The molecule has 1 saturated carbocycles. The topological polar surface area (TPSA) is 73.3 Å². The van der Waals surface area contributed by atoms with Gasteiger partial charge in [0.15, 0.2) is 0 Å². The number of fused-ring (bicyclic) bond motifs is 1. The maximum atomic E-state index is 10.8. The lowest BCUT2D eigenvalue weighted by Gasteiger charge is -2.29. The van der Waals surface area contributed by atoms with Crippen molar-refractivity contribution < 1.29 is 14.3 Å². The number of nitrogens with zero attached hydrogens (tertiary/aromatic N) is 2. The highest BCUT2D eigenvalue weighted by Gasteiger charge is 2.24. The van der Waals surface area contributed by atoms with Gasteiger partial charge < -0.3 is 19.6 Å². The third-order valence-electron chi connectivity index (χ3n) is 5.10. The van der Waals surface area contributed by atoms with Gasteiger partial charge in [0.05, 0.1) is 24.1 Å². The van der Waals surface area contributed by atoms with Gasteiger partial charge in [0.25, 0.3) is 0 Å². The van der Waals surface area contributed by atoms with E-state index in [2.05, 4.69) is 21.4 Å². The minimum Gasteiger partial charge on any atom is -0.495 e. The molecular weight excluding hydrogens is 318 g/mol. The van der Waals surface area contributed by atoms with Crippen LogP contribution in [0.4, 0.5) is 0 Å². The molecule has 1 aliphatic heterocycles. The van der Waals surface area contributed by atoms with Crippen molar-refractivity contribution in [2.24, 2.45) is 5.92 Å². The predicted molar refractivity (Wildman–Crippen MR) is 92.9 cm³/mol. The van der Waals surface area contributed by atoms with Crippen molar-refractivity contribution in [2.75, 3.05) is 13.2 Å². The molecule has 0 amide bonds. The van der Waals surface area contributed by atoms with Crippen molar-refractivity contribution in [3.05, 3.63) is 36.0 Å². The fraction of sp³-hybridized carbons (Fsp3) is 0.526. The molecule has 3 aliphatic rings. The van der Waals surface area contributed by atoms with Crippen molar-refractivity contribution in [3.8, 4) is 5.88 Å². The van der Waals surface area contributed by atoms with E-state index in [9.17, 15) is 4.79 Å². The van der Waals surface area contributed by atoms with Crippen LogP contribution in [0.25, 0.3) is 5.57 Å². The Morgan fingerprint density at radius 3 is 2.84 bits per heavy atom. The first-order chi connectivity index (χ1) is 12.3. The Hall–Kier alpha value is -2.21. The summed E-state index contributed by atoms with van der Waals surface area (Å²) < 4.78 is 11.7. The van der Waals surface area contributed by atoms with Gasteiger partial charge in [0.2, 0.25) is 5.88 Å². The summed E-state index contributed by atoms with van der Waals surface area (Å²) in [5.41, 5.74) is 1.87. The molecule has 1 N–H and O–H groups in total. The highest BCUT2D eigenvalue weighted by atomic mass is 16.5. The molecule has 2 heterocycles. The van der Waals surface area contributed by atoms with Crippen LogP contribution >= 0.6 is 0 Å². The molecule has 4 rings (SSSR count). The normalized spacial score (nSPS) is 28.9. The Kier molecular flexibility index (Phi) is 4.78. The molecular formula is C19H23N3O3. The monoisotopic (exact) mass is 341 g/mol. The minimum absolute atomic E-state index is 0.134. The molecule has 6 heteroatoms. The number of carbonyl (C=O) groups excluding carboxylic acids is 1. The van der Waals surface area contributed by atoms with Gasteiger partial charge in [0.1, 0.15) is 24.8 Å². The van der Waals surface area contributed by atoms with Crippen molar-refractivity contribution in [1.29, 1.82) is 0 Å². The number of nitrogens with one attached hydrogen (secondary N) is 1. The van der Waals surface area contributed by atoms with Crippen LogP contribution in [0.3, 0.4) is 0 Å². The van der Waals surface area contributed by atoms with Crippen LogP contribution in [0.5, 0.6) is 5.88 Å². The van der Waals surface area contributed by atoms with E-state index in [1.807, 2.05) is 6.08 Å². The Labute approximate surface area is 147 Å². The fourth-order valence-electron chi connectivity index (χ4n) is 3.62. The van der Waals surface area contributed by atoms with Crippen LogP contribution in [-0.4, -0.2) is 41.6 Å². The number of hydrogen-bond acceptors (Lipinski definition) is 6. The molecule has 1 aromatic rings. The van der Waals surface area contributed by atoms with Crippen LogP contribution in [0, 0.1) is 5.92 Å². The Morgan fingerprint density at radius 1 is 1.20 bits per heavy atom. The molecule has 132 valence electrons. The van der Waals surface area contributed by atoms with Crippen LogP contribution in [-0.2, 0) is 9.53 Å². The zero-order valence-electron chi connectivity index (χ0n) is 14.2. The minimum atomic E-state index is 0.134. The van der Waals surface area contributed by atoms with Crippen molar-refractivity contribution in [1.82, 2.24) is 15.3 Å². The van der Waals surface area contributed by atoms with E-state index in [-0.39, 0.29) is 18.1 Å². The molecule has 1 atom stereocenters. The third kappa shape index (κ3) is 3.74. The Bertz CT molecular complexity index is 676. The number of allylic oxidation sites excluding steroid dienone is 2. The summed E-state index contributed by atoms with van der Waals surface area (Å²) in [5, 5.41) is 3.44. The van der Waals surface area contributed by atoms with Gasteiger partial charge in [-0.2, -0.15) is 0 Å². The fourth-order valence-corrected chi connectivity index (χ4v) is 3.62. The van der Waals surface area contributed by atoms with Crippen LogP contribution in [0.15, 0.2) is 30.3 Å². The quantitative estimate of drug-likeness (QED) is 0.847. The molecule has 2 aliphatic carbocycles. The predicted octanol–water partition coefficient (Wildman–Crippen LogP) is 2.27. The van der Waals surface area contributed by atoms with E-state index in [0.29, 0.717) is 12.5 Å². The summed E-state index contributed by atoms with van der Waals surface area (Å²) in [7, 11) is 0. The molecule has 1 aromatic heterocycles. The van der Waals surface area contributed by atoms with Crippen molar-refractivity contribution in [2.45, 2.75) is 44.2 Å². The summed E-state index contributed by atoms with van der Waals surface area (Å²) >= 11 is 0. The molecule has 0 spiro atoms. The van der Waals surface area contributed by atoms with Crippen LogP contribution < -0.4 is 10.1 Å². The van der Waals surface area contributed by atoms with E-state index in [1.54, 1.807) is 12.4 Å². The number of rotatable bonds is 4. The third-order valence-corrected chi connectivity index (χ3v) is 5.10. The van der Waals surface area contributed by atoms with Gasteiger partial charge in [-0.15, -0.1) is 0 Å². The number of aromatic nitrogens is 2. The highest BCUT2D eigenvalue weighted by molar-refractivity contribution is 5.73. The average Bonchev–Trinajstić information content (AvgIpc) is 2.69. The van der Waals surface area contributed by atoms with Gasteiger partial charge in [0, 0.05) is 18.0 Å². The molecule has 0 radical (unpaired) electrons. The molecule has 0 bridgehead atoms. The van der Waals surface area contributed by atoms with Crippen LogP contribution in [0.1, 0.15) is 37.8 Å². The van der Waals surface area contributed by atoms with E-state index < -0.39 is 0 Å². The van der Waals surface area contributed by atoms with Gasteiger partial charge in [-0.05, 0) is 38.2 Å². The maximum absolute atomic E-state index is 10.8. The first-order valence-electron chi connectivity index (χ1n) is 9.04. The average molecular weight is 341 g/mol. The smallest absolute Gasteiger partial charge is 0.232 e. The molecule has 0 aromatic carbocycles. The molecule has 1 unspecified atom stereocenters. The number of ether oxygens (including phenoxy) is 2. The highest BCUT2D eigenvalue weighted by Crippen LogP contribution is 2.28. The Morgan fingerprint density at radius 2 is 2.08 bits per heavy atom. The standard InChI is InChI=1S/C19H23N3O3/c23-12-13-1-4-15(5-2-13)25-19-11-21-17(10-22-19)14-3-6-16-18(9-14)24-8-7-20-16/h3,9-13,15-16,20H,1-2,4-8H2. The first-order valence-corrected chi connectivity index (χ1v) is 9.04. The SMILES string of the molecule is O=CC1CCC(Oc2cnc(C3=CCC4NCCOC4=C3)cn2)CC1. The summed E-state index contributed by atoms with van der Waals surface area (Å²) in [4.78, 5) is 19.7. The maximum Gasteiger partial charge on any atom is 0.232 e. The lowest BCUT2D eigenvalue weighted by molar-refractivity contribution is -0.112. The number of morpholine rings is 1. The van der Waals surface area contributed by atoms with Crippen molar-refractivity contribution in [3.63, 3.8) is 0 Å². The van der Waals surface area contributed by atoms with Crippen LogP contribution in [0.2, 0.25) is 0 Å². The number of aldehydes is 1. The molecule has 25 heavy (non-hydrogen) atoms. The second-order valence-electron chi connectivity index (χ2n) is 6.83. The lowest BCUT2D eigenvalue weighted by atomic mass is 9.88. The van der Waals surface area contributed by atoms with Gasteiger partial charge in [-0.1, -0.05) is 6.08 Å². The zero-order chi connectivity index (χ0) is 17.1. The van der Waals surface area contributed by atoms with E-state index in [1.165, 1.54) is 0 Å². The number of carbonyl (C=O) groups is 1. The number of hydrogen-bond donors (Lipinski definition) is 1. The second kappa shape index (κ2) is 7.35. The lowest BCUT2D eigenvalue weighted by Crippen LogP contribution is -2.40. The van der Waals surface area contributed by atoms with E-state index in [4.69, 9.17) is 9.47 Å². The van der Waals surface area contributed by atoms with Gasteiger partial charge >= 0.3 is 0 Å². The van der Waals surface area contributed by atoms with Gasteiger partial charge in [-0.3, -0.25) is 0 Å². The second-order valence-corrected chi connectivity index (χ2v) is 6.83. The van der Waals surface area contributed by atoms with Gasteiger partial charge in [-0.25, -0.2) is 9.97 Å². The summed E-state index contributed by atoms with van der Waals surface area (Å²) in [6.07, 6.45) is 13.4. The molecule has 1 saturated heterocycles. The largest absolute Gasteiger partial charge is 0.495 e. The zero-order valence-corrected chi connectivity index (χ0v) is 14.2.